The Labute approximate surface area is 181 Å². The summed E-state index contributed by atoms with van der Waals surface area (Å²) in [7, 11) is 0. The van der Waals surface area contributed by atoms with Crippen molar-refractivity contribution in [2.75, 3.05) is 31.1 Å². The van der Waals surface area contributed by atoms with Crippen LogP contribution < -0.4 is 4.90 Å². The molecule has 0 aliphatic carbocycles. The standard InChI is InChI=1S/C21H21F3N8/c22-21(23,24)15-6-8-16(9-7-15)32-19(27-28-29-32)14-30-10-3-11-31(13-12-30)20-25-17-4-1-2-5-18(17)26-20/h1-2,4-9H,3,10-14H2,(H,25,26). The van der Waals surface area contributed by atoms with Gasteiger partial charge < -0.3 is 9.88 Å². The van der Waals surface area contributed by atoms with Gasteiger partial charge in [-0.15, -0.1) is 5.10 Å². The quantitative estimate of drug-likeness (QED) is 0.523. The summed E-state index contributed by atoms with van der Waals surface area (Å²) in [5, 5.41) is 11.8. The average Bonchev–Trinajstić information content (AvgIpc) is 3.35. The number of benzene rings is 2. The van der Waals surface area contributed by atoms with E-state index in [1.54, 1.807) is 0 Å². The van der Waals surface area contributed by atoms with Crippen molar-refractivity contribution in [3.8, 4) is 5.69 Å². The number of para-hydroxylation sites is 2. The Morgan fingerprint density at radius 1 is 0.938 bits per heavy atom. The third-order valence-corrected chi connectivity index (χ3v) is 5.60. The van der Waals surface area contributed by atoms with Crippen LogP contribution in [-0.2, 0) is 12.7 Å². The van der Waals surface area contributed by atoms with Crippen LogP contribution in [0.4, 0.5) is 19.1 Å². The molecule has 5 rings (SSSR count). The number of fused-ring (bicyclic) bond motifs is 1. The number of aromatic amines is 1. The van der Waals surface area contributed by atoms with E-state index in [0.717, 1.165) is 61.7 Å². The predicted molar refractivity (Wildman–Crippen MR) is 112 cm³/mol. The molecule has 32 heavy (non-hydrogen) atoms. The second-order valence-electron chi connectivity index (χ2n) is 7.75. The molecule has 11 heteroatoms. The fourth-order valence-corrected chi connectivity index (χ4v) is 3.93. The highest BCUT2D eigenvalue weighted by Gasteiger charge is 2.30. The normalized spacial score (nSPS) is 15.9. The van der Waals surface area contributed by atoms with Crippen molar-refractivity contribution < 1.29 is 13.2 Å². The van der Waals surface area contributed by atoms with Crippen LogP contribution in [0.25, 0.3) is 16.7 Å². The van der Waals surface area contributed by atoms with Crippen molar-refractivity contribution in [1.29, 1.82) is 0 Å². The Kier molecular flexibility index (Phi) is 5.25. The zero-order chi connectivity index (χ0) is 22.1. The van der Waals surface area contributed by atoms with Crippen molar-refractivity contribution in [2.24, 2.45) is 0 Å². The van der Waals surface area contributed by atoms with E-state index in [1.807, 2.05) is 24.3 Å². The number of anilines is 1. The minimum absolute atomic E-state index is 0.497. The van der Waals surface area contributed by atoms with Crippen LogP contribution in [0, 0.1) is 0 Å². The zero-order valence-electron chi connectivity index (χ0n) is 17.1. The Balaban J connectivity index is 1.27. The van der Waals surface area contributed by atoms with Crippen LogP contribution in [0.3, 0.4) is 0 Å². The van der Waals surface area contributed by atoms with E-state index >= 15 is 0 Å². The van der Waals surface area contributed by atoms with Gasteiger partial charge in [0.25, 0.3) is 0 Å². The minimum Gasteiger partial charge on any atom is -0.341 e. The molecule has 1 fully saturated rings. The molecular formula is C21H21F3N8. The van der Waals surface area contributed by atoms with Gasteiger partial charge in [0.05, 0.1) is 28.8 Å². The number of hydrogen-bond donors (Lipinski definition) is 1. The second-order valence-corrected chi connectivity index (χ2v) is 7.75. The van der Waals surface area contributed by atoms with Crippen molar-refractivity contribution in [1.82, 2.24) is 35.1 Å². The van der Waals surface area contributed by atoms with Crippen LogP contribution in [-0.4, -0.2) is 61.3 Å². The zero-order valence-corrected chi connectivity index (χ0v) is 17.1. The third-order valence-electron chi connectivity index (χ3n) is 5.60. The number of hydrogen-bond acceptors (Lipinski definition) is 6. The largest absolute Gasteiger partial charge is 0.416 e. The summed E-state index contributed by atoms with van der Waals surface area (Å²) < 4.78 is 40.0. The van der Waals surface area contributed by atoms with Crippen LogP contribution in [0.15, 0.2) is 48.5 Å². The molecule has 0 bridgehead atoms. The van der Waals surface area contributed by atoms with Gasteiger partial charge in [0.2, 0.25) is 5.95 Å². The molecule has 0 saturated carbocycles. The van der Waals surface area contributed by atoms with E-state index in [-0.39, 0.29) is 0 Å². The van der Waals surface area contributed by atoms with Crippen molar-refractivity contribution in [3.63, 3.8) is 0 Å². The number of rotatable bonds is 4. The summed E-state index contributed by atoms with van der Waals surface area (Å²) in [5.41, 5.74) is 1.75. The summed E-state index contributed by atoms with van der Waals surface area (Å²) in [6.07, 6.45) is -3.43. The molecule has 2 aromatic carbocycles. The maximum absolute atomic E-state index is 12.8. The highest BCUT2D eigenvalue weighted by atomic mass is 19.4. The van der Waals surface area contributed by atoms with Gasteiger partial charge >= 0.3 is 6.18 Å². The molecule has 0 unspecified atom stereocenters. The molecule has 0 spiro atoms. The summed E-state index contributed by atoms with van der Waals surface area (Å²) in [5.74, 6) is 1.45. The lowest BCUT2D eigenvalue weighted by atomic mass is 10.2. The number of nitrogens with one attached hydrogen (secondary N) is 1. The van der Waals surface area contributed by atoms with Gasteiger partial charge in [-0.05, 0) is 53.2 Å². The van der Waals surface area contributed by atoms with E-state index in [1.165, 1.54) is 16.8 Å². The SMILES string of the molecule is FC(F)(F)c1ccc(-n2nnnc2CN2CCCN(c3nc4ccccc4[nH]3)CC2)cc1. The van der Waals surface area contributed by atoms with Crippen molar-refractivity contribution in [2.45, 2.75) is 19.1 Å². The van der Waals surface area contributed by atoms with E-state index in [2.05, 4.69) is 30.3 Å². The van der Waals surface area contributed by atoms with Crippen molar-refractivity contribution in [3.05, 3.63) is 59.9 Å². The average molecular weight is 442 g/mol. The Morgan fingerprint density at radius 2 is 1.75 bits per heavy atom. The molecule has 1 aliphatic rings. The maximum atomic E-state index is 12.8. The highest BCUT2D eigenvalue weighted by Crippen LogP contribution is 2.29. The number of H-pyrrole nitrogens is 1. The molecule has 0 amide bonds. The highest BCUT2D eigenvalue weighted by molar-refractivity contribution is 5.77. The minimum atomic E-state index is -4.38. The topological polar surface area (TPSA) is 78.8 Å². The van der Waals surface area contributed by atoms with Crippen LogP contribution >= 0.6 is 0 Å². The number of tetrazole rings is 1. The molecule has 0 atom stereocenters. The lowest BCUT2D eigenvalue weighted by molar-refractivity contribution is -0.137. The first-order chi connectivity index (χ1) is 15.5. The summed E-state index contributed by atoms with van der Waals surface area (Å²) in [6, 6.07) is 12.8. The smallest absolute Gasteiger partial charge is 0.341 e. The van der Waals surface area contributed by atoms with Gasteiger partial charge in [0.1, 0.15) is 0 Å². The molecule has 8 nitrogen and oxygen atoms in total. The van der Waals surface area contributed by atoms with E-state index in [0.29, 0.717) is 18.1 Å². The number of nitrogens with zero attached hydrogens (tertiary/aromatic N) is 7. The van der Waals surface area contributed by atoms with Crippen molar-refractivity contribution >= 4 is 17.0 Å². The first-order valence-corrected chi connectivity index (χ1v) is 10.3. The lowest BCUT2D eigenvalue weighted by Gasteiger charge is -2.21. The summed E-state index contributed by atoms with van der Waals surface area (Å²) in [4.78, 5) is 12.6. The van der Waals surface area contributed by atoms with Gasteiger partial charge in [0, 0.05) is 26.2 Å². The fourth-order valence-electron chi connectivity index (χ4n) is 3.93. The van der Waals surface area contributed by atoms with E-state index < -0.39 is 11.7 Å². The molecule has 1 aliphatic heterocycles. The maximum Gasteiger partial charge on any atom is 0.416 e. The molecule has 0 radical (unpaired) electrons. The van der Waals surface area contributed by atoms with Crippen LogP contribution in [0.5, 0.6) is 0 Å². The first kappa shape index (κ1) is 20.4. The van der Waals surface area contributed by atoms with E-state index in [4.69, 9.17) is 4.98 Å². The van der Waals surface area contributed by atoms with E-state index in [9.17, 15) is 13.2 Å². The fraction of sp³-hybridized carbons (Fsp3) is 0.333. The molecule has 1 saturated heterocycles. The third kappa shape index (κ3) is 4.15. The summed E-state index contributed by atoms with van der Waals surface area (Å²) in [6.45, 7) is 3.82. The molecular weight excluding hydrogens is 421 g/mol. The Bertz CT molecular complexity index is 1160. The van der Waals surface area contributed by atoms with Gasteiger partial charge in [-0.2, -0.15) is 17.9 Å². The molecule has 4 aromatic rings. The van der Waals surface area contributed by atoms with Crippen LogP contribution in [0.1, 0.15) is 17.8 Å². The number of imidazole rings is 1. The molecule has 166 valence electrons. The van der Waals surface area contributed by atoms with Gasteiger partial charge in [-0.25, -0.2) is 4.98 Å². The second kappa shape index (κ2) is 8.23. The Morgan fingerprint density at radius 3 is 2.53 bits per heavy atom. The monoisotopic (exact) mass is 442 g/mol. The molecule has 2 aromatic heterocycles. The van der Waals surface area contributed by atoms with Crippen LogP contribution in [0.2, 0.25) is 0 Å². The van der Waals surface area contributed by atoms with Gasteiger partial charge in [-0.3, -0.25) is 4.90 Å². The molecule has 1 N–H and O–H groups in total. The number of aromatic nitrogens is 6. The Hall–Kier alpha value is -3.47. The first-order valence-electron chi connectivity index (χ1n) is 10.3. The van der Waals surface area contributed by atoms with Gasteiger partial charge in [-0.1, -0.05) is 12.1 Å². The van der Waals surface area contributed by atoms with Gasteiger partial charge in [0.15, 0.2) is 5.82 Å². The number of halogens is 3. The summed E-state index contributed by atoms with van der Waals surface area (Å²) >= 11 is 0. The molecule has 3 heterocycles. The number of alkyl halides is 3. The predicted octanol–water partition coefficient (Wildman–Crippen LogP) is 3.27. The lowest BCUT2D eigenvalue weighted by Crippen LogP contribution is -2.31.